The number of aliphatic hydroxyl groups excluding tert-OH is 1. The maximum Gasteiger partial charge on any atom is 0.333 e. The van der Waals surface area contributed by atoms with Gasteiger partial charge in [-0.05, 0) is 19.1 Å². The minimum Gasteiger partial charge on any atom is -0.460 e. The van der Waals surface area contributed by atoms with Crippen molar-refractivity contribution in [2.75, 3.05) is 19.9 Å². The standard InChI is InChI=1S/C7H10N2O2.C6H10O3/c1-3-6(10)8-5-9-7(11)4-2;1-5(2)6(8)9-4-3-7/h3-4H,1-2,5H2,(H,8,10)(H,9,11);7H,1,3-4H2,2H3. The van der Waals surface area contributed by atoms with E-state index in [1.54, 1.807) is 6.92 Å². The molecule has 0 radical (unpaired) electrons. The van der Waals surface area contributed by atoms with Gasteiger partial charge in [-0.15, -0.1) is 0 Å². The SMILES string of the molecule is C=C(C)C(=O)OCCO.C=CC(=O)NCNC(=O)C=C. The van der Waals surface area contributed by atoms with Crippen LogP contribution in [0, 0.1) is 0 Å². The Kier molecular flexibility index (Phi) is 13.0. The molecule has 0 spiro atoms. The van der Waals surface area contributed by atoms with E-state index in [1.165, 1.54) is 0 Å². The van der Waals surface area contributed by atoms with Crippen molar-refractivity contribution in [1.29, 1.82) is 0 Å². The summed E-state index contributed by atoms with van der Waals surface area (Å²) in [5.41, 5.74) is 0.350. The number of esters is 1. The summed E-state index contributed by atoms with van der Waals surface area (Å²) in [6, 6.07) is 0. The normalized spacial score (nSPS) is 8.30. The highest BCUT2D eigenvalue weighted by atomic mass is 16.5. The van der Waals surface area contributed by atoms with E-state index in [0.29, 0.717) is 5.57 Å². The lowest BCUT2D eigenvalue weighted by molar-refractivity contribution is -0.139. The van der Waals surface area contributed by atoms with Crippen LogP contribution in [0.1, 0.15) is 6.92 Å². The molecule has 7 nitrogen and oxygen atoms in total. The lowest BCUT2D eigenvalue weighted by Crippen LogP contribution is -2.35. The fourth-order valence-corrected chi connectivity index (χ4v) is 0.624. The van der Waals surface area contributed by atoms with Gasteiger partial charge in [0.25, 0.3) is 0 Å². The topological polar surface area (TPSA) is 105 Å². The summed E-state index contributed by atoms with van der Waals surface area (Å²) in [7, 11) is 0. The van der Waals surface area contributed by atoms with Gasteiger partial charge in [-0.2, -0.15) is 0 Å². The van der Waals surface area contributed by atoms with E-state index in [9.17, 15) is 14.4 Å². The molecular weight excluding hydrogens is 264 g/mol. The monoisotopic (exact) mass is 284 g/mol. The Morgan fingerprint density at radius 2 is 1.60 bits per heavy atom. The first-order valence-electron chi connectivity index (χ1n) is 5.63. The number of nitrogens with one attached hydrogen (secondary N) is 2. The largest absolute Gasteiger partial charge is 0.460 e. The van der Waals surface area contributed by atoms with Gasteiger partial charge < -0.3 is 20.5 Å². The molecule has 0 heterocycles. The van der Waals surface area contributed by atoms with Gasteiger partial charge in [0.1, 0.15) is 6.61 Å². The van der Waals surface area contributed by atoms with Crippen LogP contribution >= 0.6 is 0 Å². The Morgan fingerprint density at radius 1 is 1.15 bits per heavy atom. The van der Waals surface area contributed by atoms with E-state index >= 15 is 0 Å². The third-order valence-electron chi connectivity index (χ3n) is 1.57. The molecule has 0 aromatic carbocycles. The molecule has 20 heavy (non-hydrogen) atoms. The molecule has 0 bridgehead atoms. The van der Waals surface area contributed by atoms with Gasteiger partial charge in [0.15, 0.2) is 0 Å². The van der Waals surface area contributed by atoms with Crippen molar-refractivity contribution in [2.24, 2.45) is 0 Å². The van der Waals surface area contributed by atoms with Crippen molar-refractivity contribution in [3.8, 4) is 0 Å². The zero-order valence-corrected chi connectivity index (χ0v) is 11.5. The molecule has 0 aliphatic carbocycles. The lowest BCUT2D eigenvalue weighted by atomic mass is 10.4. The lowest BCUT2D eigenvalue weighted by Gasteiger charge is -2.01. The number of rotatable bonds is 7. The maximum absolute atomic E-state index is 10.5. The fourth-order valence-electron chi connectivity index (χ4n) is 0.624. The fraction of sp³-hybridized carbons (Fsp3) is 0.308. The summed E-state index contributed by atoms with van der Waals surface area (Å²) in [4.78, 5) is 31.4. The molecule has 112 valence electrons. The second kappa shape index (κ2) is 13.0. The summed E-state index contributed by atoms with van der Waals surface area (Å²) in [5.74, 6) is -1.10. The highest BCUT2D eigenvalue weighted by Gasteiger charge is 1.99. The highest BCUT2D eigenvalue weighted by Crippen LogP contribution is 1.89. The van der Waals surface area contributed by atoms with Crippen LogP contribution in [0.2, 0.25) is 0 Å². The van der Waals surface area contributed by atoms with Gasteiger partial charge in [0.2, 0.25) is 11.8 Å². The average Bonchev–Trinajstić information content (AvgIpc) is 2.44. The summed E-state index contributed by atoms with van der Waals surface area (Å²) in [6.07, 6.45) is 2.25. The molecule has 0 saturated heterocycles. The Bertz CT molecular complexity index is 357. The number of ether oxygens (including phenoxy) is 1. The van der Waals surface area contributed by atoms with Gasteiger partial charge in [-0.3, -0.25) is 9.59 Å². The molecule has 0 aliphatic rings. The minimum absolute atomic E-state index is 0.0473. The minimum atomic E-state index is -0.455. The first-order chi connectivity index (χ1) is 9.38. The molecule has 0 aliphatic heterocycles. The van der Waals surface area contributed by atoms with Crippen LogP contribution in [-0.4, -0.2) is 42.8 Å². The second-order valence-corrected chi connectivity index (χ2v) is 3.31. The molecule has 0 saturated carbocycles. The van der Waals surface area contributed by atoms with E-state index in [2.05, 4.69) is 35.1 Å². The van der Waals surface area contributed by atoms with Crippen molar-refractivity contribution in [3.63, 3.8) is 0 Å². The van der Waals surface area contributed by atoms with Crippen LogP contribution in [0.25, 0.3) is 0 Å². The first-order valence-corrected chi connectivity index (χ1v) is 5.63. The molecule has 7 heteroatoms. The van der Waals surface area contributed by atoms with Crippen LogP contribution < -0.4 is 10.6 Å². The maximum atomic E-state index is 10.5. The zero-order valence-electron chi connectivity index (χ0n) is 11.5. The highest BCUT2D eigenvalue weighted by molar-refractivity contribution is 5.89. The molecule has 2 amide bonds. The van der Waals surface area contributed by atoms with E-state index in [4.69, 9.17) is 5.11 Å². The molecule has 0 aromatic heterocycles. The summed E-state index contributed by atoms with van der Waals surface area (Å²) in [6.45, 7) is 11.4. The quantitative estimate of drug-likeness (QED) is 0.336. The number of hydrogen-bond acceptors (Lipinski definition) is 5. The van der Waals surface area contributed by atoms with Gasteiger partial charge in [0.05, 0.1) is 13.3 Å². The van der Waals surface area contributed by atoms with E-state index in [1.807, 2.05) is 0 Å². The molecule has 0 rings (SSSR count). The van der Waals surface area contributed by atoms with Gasteiger partial charge in [0, 0.05) is 5.57 Å². The Balaban J connectivity index is 0. The van der Waals surface area contributed by atoms with Crippen molar-refractivity contribution < 1.29 is 24.2 Å². The third-order valence-corrected chi connectivity index (χ3v) is 1.57. The van der Waals surface area contributed by atoms with Gasteiger partial charge in [-0.1, -0.05) is 19.7 Å². The Hall–Kier alpha value is -2.41. The van der Waals surface area contributed by atoms with E-state index < -0.39 is 5.97 Å². The Morgan fingerprint density at radius 3 is 1.90 bits per heavy atom. The average molecular weight is 284 g/mol. The smallest absolute Gasteiger partial charge is 0.333 e. The van der Waals surface area contributed by atoms with E-state index in [-0.39, 0.29) is 31.7 Å². The van der Waals surface area contributed by atoms with Crippen molar-refractivity contribution in [3.05, 3.63) is 37.5 Å². The molecule has 0 aromatic rings. The van der Waals surface area contributed by atoms with Crippen LogP contribution in [0.3, 0.4) is 0 Å². The number of aliphatic hydroxyl groups is 1. The Labute approximate surface area is 118 Å². The number of amides is 2. The predicted octanol–water partition coefficient (Wildman–Crippen LogP) is -0.354. The summed E-state index contributed by atoms with van der Waals surface area (Å²) in [5, 5.41) is 12.9. The number of carbonyl (C=O) groups is 3. The van der Waals surface area contributed by atoms with Crippen LogP contribution in [-0.2, 0) is 19.1 Å². The molecule has 3 N–H and O–H groups in total. The first kappa shape index (κ1) is 19.9. The van der Waals surface area contributed by atoms with Gasteiger partial charge >= 0.3 is 5.97 Å². The van der Waals surface area contributed by atoms with Crippen LogP contribution in [0.15, 0.2) is 37.5 Å². The summed E-state index contributed by atoms with van der Waals surface area (Å²) >= 11 is 0. The molecule has 0 atom stereocenters. The number of carbonyl (C=O) groups excluding carboxylic acids is 3. The predicted molar refractivity (Wildman–Crippen MR) is 74.4 cm³/mol. The number of hydrogen-bond donors (Lipinski definition) is 3. The molecule has 0 fully saturated rings. The molecular formula is C13H20N2O5. The third kappa shape index (κ3) is 13.7. The second-order valence-electron chi connectivity index (χ2n) is 3.31. The van der Waals surface area contributed by atoms with E-state index in [0.717, 1.165) is 12.2 Å². The van der Waals surface area contributed by atoms with Gasteiger partial charge in [-0.25, -0.2) is 4.79 Å². The van der Waals surface area contributed by atoms with Crippen molar-refractivity contribution >= 4 is 17.8 Å². The summed E-state index contributed by atoms with van der Waals surface area (Å²) < 4.78 is 4.46. The van der Waals surface area contributed by atoms with Crippen molar-refractivity contribution in [1.82, 2.24) is 10.6 Å². The van der Waals surface area contributed by atoms with Crippen molar-refractivity contribution in [2.45, 2.75) is 6.92 Å². The van der Waals surface area contributed by atoms with Crippen LogP contribution in [0.5, 0.6) is 0 Å². The molecule has 0 unspecified atom stereocenters. The zero-order chi connectivity index (χ0) is 16.0. The van der Waals surface area contributed by atoms with Crippen LogP contribution in [0.4, 0.5) is 0 Å².